The molecule has 0 unspecified atom stereocenters. The predicted octanol–water partition coefficient (Wildman–Crippen LogP) is 2.95. The van der Waals surface area contributed by atoms with Crippen LogP contribution in [0.1, 0.15) is 49.8 Å². The van der Waals surface area contributed by atoms with Gasteiger partial charge >= 0.3 is 17.9 Å². The lowest BCUT2D eigenvalue weighted by atomic mass is 9.92. The van der Waals surface area contributed by atoms with Crippen LogP contribution in [0.15, 0.2) is 60.9 Å². The average Bonchev–Trinajstić information content (AvgIpc) is 3.54. The van der Waals surface area contributed by atoms with Crippen molar-refractivity contribution in [3.8, 4) is 6.07 Å². The maximum atomic E-state index is 13.1. The molecular weight excluding hydrogens is 542 g/mol. The van der Waals surface area contributed by atoms with Crippen molar-refractivity contribution in [2.45, 2.75) is 68.9 Å². The Bertz CT molecular complexity index is 1520. The standard InChI is InChI=1S/C30H31N5O7/c31-18-30(23-15-14-21-29(32)33-19-34-35(21)23)28-27(22(42-30)17-39-26(38)16-20-10-6-5-7-11-20)40-24(36)12-8-3-1-2-4-9-13-25(37)41-28/h1-2,5-7,10-11,14-15,19,22,27-28H,3-4,8-9,12-13,16-17H2,(H2,32,33,34)/b2-1-/t22-,27-,28-,30+/m1/s1. The van der Waals surface area contributed by atoms with Crippen LogP contribution >= 0.6 is 0 Å². The number of nitrogens with zero attached hydrogens (tertiary/aromatic N) is 4. The van der Waals surface area contributed by atoms with Crippen molar-refractivity contribution >= 4 is 29.2 Å². The number of nitrogen functional groups attached to an aromatic ring is 1. The number of allylic oxidation sites excluding steroid dienone is 2. The molecule has 218 valence electrons. The number of anilines is 1. The smallest absolute Gasteiger partial charge is 0.310 e. The van der Waals surface area contributed by atoms with Crippen LogP contribution in [-0.2, 0) is 45.4 Å². The van der Waals surface area contributed by atoms with Crippen molar-refractivity contribution in [1.82, 2.24) is 14.6 Å². The number of ether oxygens (including phenoxy) is 4. The molecule has 2 aliphatic rings. The number of carbonyl (C=O) groups excluding carboxylic acids is 3. The Morgan fingerprint density at radius 2 is 1.79 bits per heavy atom. The van der Waals surface area contributed by atoms with Gasteiger partial charge in [-0.05, 0) is 43.4 Å². The number of hydrogen-bond donors (Lipinski definition) is 1. The molecule has 3 aromatic rings. The summed E-state index contributed by atoms with van der Waals surface area (Å²) in [5.74, 6) is -1.53. The van der Waals surface area contributed by atoms with Gasteiger partial charge in [0.25, 0.3) is 0 Å². The van der Waals surface area contributed by atoms with Crippen LogP contribution in [0.2, 0.25) is 0 Å². The molecule has 0 amide bonds. The van der Waals surface area contributed by atoms with Gasteiger partial charge in [-0.25, -0.2) is 9.50 Å². The van der Waals surface area contributed by atoms with Crippen molar-refractivity contribution < 1.29 is 33.3 Å². The highest BCUT2D eigenvalue weighted by atomic mass is 16.7. The van der Waals surface area contributed by atoms with E-state index in [0.29, 0.717) is 31.2 Å². The SMILES string of the molecule is N#C[C@@]1(c2ccc3c(N)ncnn23)O[C@H](COC(=O)Cc2ccccc2)[C@H]2OC(=O)CCC/C=C\CCCC(=O)O[C@H]21. The van der Waals surface area contributed by atoms with Gasteiger partial charge in [-0.1, -0.05) is 42.5 Å². The first-order valence-corrected chi connectivity index (χ1v) is 13.8. The molecule has 0 radical (unpaired) electrons. The van der Waals surface area contributed by atoms with Gasteiger partial charge in [0, 0.05) is 12.8 Å². The second kappa shape index (κ2) is 12.8. The molecule has 12 nitrogen and oxygen atoms in total. The summed E-state index contributed by atoms with van der Waals surface area (Å²) in [6.45, 7) is -0.357. The number of nitriles is 1. The summed E-state index contributed by atoms with van der Waals surface area (Å²) in [7, 11) is 0. The largest absolute Gasteiger partial charge is 0.463 e. The summed E-state index contributed by atoms with van der Waals surface area (Å²) in [4.78, 5) is 42.7. The topological polar surface area (TPSA) is 168 Å². The van der Waals surface area contributed by atoms with Gasteiger partial charge in [-0.2, -0.15) is 10.4 Å². The maximum absolute atomic E-state index is 13.1. The van der Waals surface area contributed by atoms with Crippen LogP contribution in [-0.4, -0.2) is 57.4 Å². The third kappa shape index (κ3) is 6.11. The zero-order valence-electron chi connectivity index (χ0n) is 22.9. The Labute approximate surface area is 242 Å². The number of esters is 3. The number of carbonyl (C=O) groups is 3. The summed E-state index contributed by atoms with van der Waals surface area (Å²) in [5, 5.41) is 14.9. The number of benzene rings is 1. The van der Waals surface area contributed by atoms with Crippen molar-refractivity contribution in [1.29, 1.82) is 5.26 Å². The van der Waals surface area contributed by atoms with E-state index >= 15 is 0 Å². The van der Waals surface area contributed by atoms with Crippen LogP contribution in [0.25, 0.3) is 5.52 Å². The predicted molar refractivity (Wildman–Crippen MR) is 147 cm³/mol. The van der Waals surface area contributed by atoms with Gasteiger partial charge in [-0.15, -0.1) is 0 Å². The van der Waals surface area contributed by atoms with Gasteiger partial charge in [-0.3, -0.25) is 14.4 Å². The third-order valence-corrected chi connectivity index (χ3v) is 7.23. The van der Waals surface area contributed by atoms with E-state index in [2.05, 4.69) is 16.2 Å². The van der Waals surface area contributed by atoms with E-state index in [0.717, 1.165) is 5.56 Å². The summed E-state index contributed by atoms with van der Waals surface area (Å²) in [5.41, 5.74) is 5.38. The lowest BCUT2D eigenvalue weighted by Crippen LogP contribution is -2.46. The quantitative estimate of drug-likeness (QED) is 0.271. The first kappa shape index (κ1) is 28.8. The van der Waals surface area contributed by atoms with Gasteiger partial charge in [0.1, 0.15) is 30.6 Å². The van der Waals surface area contributed by atoms with Gasteiger partial charge in [0.2, 0.25) is 5.60 Å². The zero-order valence-corrected chi connectivity index (χ0v) is 22.9. The highest BCUT2D eigenvalue weighted by Crippen LogP contribution is 2.44. The van der Waals surface area contributed by atoms with Gasteiger partial charge < -0.3 is 24.7 Å². The lowest BCUT2D eigenvalue weighted by Gasteiger charge is -2.28. The second-order valence-electron chi connectivity index (χ2n) is 10.1. The molecule has 5 rings (SSSR count). The van der Waals surface area contributed by atoms with Crippen molar-refractivity contribution in [3.63, 3.8) is 0 Å². The van der Waals surface area contributed by atoms with Crippen LogP contribution in [0.3, 0.4) is 0 Å². The summed E-state index contributed by atoms with van der Waals surface area (Å²) in [6, 6.07) is 14.4. The van der Waals surface area contributed by atoms with Gasteiger partial charge in [0.05, 0.1) is 12.1 Å². The normalized spacial score (nSPS) is 25.8. The molecule has 12 heteroatoms. The summed E-state index contributed by atoms with van der Waals surface area (Å²) < 4.78 is 25.0. The van der Waals surface area contributed by atoms with E-state index in [1.54, 1.807) is 24.3 Å². The maximum Gasteiger partial charge on any atom is 0.310 e. The fourth-order valence-electron chi connectivity index (χ4n) is 5.17. The van der Waals surface area contributed by atoms with E-state index < -0.39 is 41.8 Å². The molecule has 2 aromatic heterocycles. The molecule has 0 spiro atoms. The molecule has 2 aliphatic heterocycles. The molecule has 0 aliphatic carbocycles. The molecule has 42 heavy (non-hydrogen) atoms. The van der Waals surface area contributed by atoms with Crippen LogP contribution < -0.4 is 5.73 Å². The second-order valence-corrected chi connectivity index (χ2v) is 10.1. The highest BCUT2D eigenvalue weighted by molar-refractivity contribution is 5.73. The van der Waals surface area contributed by atoms with E-state index in [1.165, 1.54) is 10.8 Å². The molecule has 1 fully saturated rings. The summed E-state index contributed by atoms with van der Waals surface area (Å²) in [6.07, 6.45) is 3.95. The lowest BCUT2D eigenvalue weighted by molar-refractivity contribution is -0.170. The van der Waals surface area contributed by atoms with Crippen LogP contribution in [0.4, 0.5) is 5.82 Å². The minimum atomic E-state index is -1.98. The molecule has 4 atom stereocenters. The number of fused-ring (bicyclic) bond motifs is 2. The van der Waals surface area contributed by atoms with Crippen molar-refractivity contribution in [2.75, 3.05) is 12.3 Å². The Morgan fingerprint density at radius 3 is 2.50 bits per heavy atom. The Hall–Kier alpha value is -4.76. The fraction of sp³-hybridized carbons (Fsp3) is 0.400. The molecule has 1 saturated heterocycles. The monoisotopic (exact) mass is 573 g/mol. The number of aromatic nitrogens is 3. The van der Waals surface area contributed by atoms with Crippen molar-refractivity contribution in [2.24, 2.45) is 0 Å². The molecule has 0 bridgehead atoms. The molecular formula is C30H31N5O7. The third-order valence-electron chi connectivity index (χ3n) is 7.23. The van der Waals surface area contributed by atoms with Gasteiger partial charge in [0.15, 0.2) is 18.0 Å². The molecule has 1 aromatic carbocycles. The minimum absolute atomic E-state index is 0.00682. The Balaban J connectivity index is 1.51. The van der Waals surface area contributed by atoms with Crippen molar-refractivity contribution in [3.05, 3.63) is 72.2 Å². The highest BCUT2D eigenvalue weighted by Gasteiger charge is 2.62. The number of nitrogens with two attached hydrogens (primary N) is 1. The Kier molecular flexibility index (Phi) is 8.78. The Morgan fingerprint density at radius 1 is 1.07 bits per heavy atom. The number of rotatable bonds is 5. The van der Waals surface area contributed by atoms with Crippen LogP contribution in [0, 0.1) is 11.3 Å². The van der Waals surface area contributed by atoms with E-state index in [9.17, 15) is 19.6 Å². The zero-order chi connectivity index (χ0) is 29.5. The number of hydrogen-bond acceptors (Lipinski definition) is 11. The summed E-state index contributed by atoms with van der Waals surface area (Å²) >= 11 is 0. The molecule has 2 N–H and O–H groups in total. The average molecular weight is 574 g/mol. The molecule has 4 heterocycles. The first-order chi connectivity index (χ1) is 20.4. The van der Waals surface area contributed by atoms with E-state index in [-0.39, 0.29) is 37.4 Å². The van der Waals surface area contributed by atoms with E-state index in [1.807, 2.05) is 30.4 Å². The van der Waals surface area contributed by atoms with E-state index in [4.69, 9.17) is 24.7 Å². The minimum Gasteiger partial charge on any atom is -0.463 e. The van der Waals surface area contributed by atoms with Crippen LogP contribution in [0.5, 0.6) is 0 Å². The fourth-order valence-corrected chi connectivity index (χ4v) is 5.17. The molecule has 0 saturated carbocycles. The first-order valence-electron chi connectivity index (χ1n) is 13.8.